The van der Waals surface area contributed by atoms with E-state index in [1.54, 1.807) is 12.1 Å². The van der Waals surface area contributed by atoms with Gasteiger partial charge in [-0.15, -0.1) is 0 Å². The molecule has 1 aliphatic heterocycles. The SMILES string of the molecule is C[C@H]1Cc2cc(S(N)(=O)=O)ccc2N1Cc1ccnc(N(C)C)c1. The molecule has 128 valence electrons. The fraction of sp³-hybridized carbons (Fsp3) is 0.353. The second-order valence-corrected chi connectivity index (χ2v) is 7.99. The molecule has 2 heterocycles. The zero-order chi connectivity index (χ0) is 17.5. The maximum absolute atomic E-state index is 11.5. The lowest BCUT2D eigenvalue weighted by molar-refractivity contribution is 0.597. The van der Waals surface area contributed by atoms with Crippen molar-refractivity contribution in [3.05, 3.63) is 47.7 Å². The van der Waals surface area contributed by atoms with Crippen LogP contribution in [-0.2, 0) is 23.0 Å². The van der Waals surface area contributed by atoms with Gasteiger partial charge in [0.25, 0.3) is 0 Å². The van der Waals surface area contributed by atoms with Gasteiger partial charge in [0.15, 0.2) is 0 Å². The Balaban J connectivity index is 1.90. The van der Waals surface area contributed by atoms with Crippen LogP contribution in [0.1, 0.15) is 18.1 Å². The largest absolute Gasteiger partial charge is 0.364 e. The van der Waals surface area contributed by atoms with Crippen LogP contribution in [0.15, 0.2) is 41.4 Å². The number of pyridine rings is 1. The average Bonchev–Trinajstić information content (AvgIpc) is 2.82. The first-order valence-corrected chi connectivity index (χ1v) is 9.35. The lowest BCUT2D eigenvalue weighted by Gasteiger charge is -2.25. The van der Waals surface area contributed by atoms with Crippen LogP contribution in [0.25, 0.3) is 0 Å². The minimum Gasteiger partial charge on any atom is -0.364 e. The molecule has 24 heavy (non-hydrogen) atoms. The first-order valence-electron chi connectivity index (χ1n) is 7.80. The summed E-state index contributed by atoms with van der Waals surface area (Å²) in [6.45, 7) is 2.90. The fourth-order valence-corrected chi connectivity index (χ4v) is 3.65. The molecule has 0 aliphatic carbocycles. The van der Waals surface area contributed by atoms with Crippen molar-refractivity contribution in [3.8, 4) is 0 Å². The molecule has 0 radical (unpaired) electrons. The first kappa shape index (κ1) is 16.7. The van der Waals surface area contributed by atoms with E-state index in [1.165, 1.54) is 5.56 Å². The molecule has 0 spiro atoms. The number of benzene rings is 1. The third-order valence-corrected chi connectivity index (χ3v) is 5.27. The van der Waals surface area contributed by atoms with Gasteiger partial charge in [0.1, 0.15) is 5.82 Å². The van der Waals surface area contributed by atoms with Gasteiger partial charge in [-0.1, -0.05) is 0 Å². The Kier molecular flexibility index (Phi) is 4.23. The molecule has 1 aliphatic rings. The molecular weight excluding hydrogens is 324 g/mol. The normalized spacial score (nSPS) is 17.0. The zero-order valence-corrected chi connectivity index (χ0v) is 14.9. The number of aromatic nitrogens is 1. The molecule has 1 atom stereocenters. The van der Waals surface area contributed by atoms with Gasteiger partial charge in [-0.2, -0.15) is 0 Å². The minimum absolute atomic E-state index is 0.175. The van der Waals surface area contributed by atoms with Crippen molar-refractivity contribution >= 4 is 21.5 Å². The van der Waals surface area contributed by atoms with Crippen LogP contribution < -0.4 is 14.9 Å². The van der Waals surface area contributed by atoms with E-state index in [-0.39, 0.29) is 4.90 Å². The van der Waals surface area contributed by atoms with E-state index in [0.29, 0.717) is 6.04 Å². The first-order chi connectivity index (χ1) is 11.3. The van der Waals surface area contributed by atoms with E-state index in [4.69, 9.17) is 5.14 Å². The van der Waals surface area contributed by atoms with Crippen molar-refractivity contribution in [3.63, 3.8) is 0 Å². The number of hydrogen-bond acceptors (Lipinski definition) is 5. The Morgan fingerprint density at radius 1 is 1.29 bits per heavy atom. The van der Waals surface area contributed by atoms with Gasteiger partial charge in [0.05, 0.1) is 4.90 Å². The molecule has 1 aromatic heterocycles. The predicted molar refractivity (Wildman–Crippen MR) is 95.7 cm³/mol. The summed E-state index contributed by atoms with van der Waals surface area (Å²) in [5, 5.41) is 5.24. The summed E-state index contributed by atoms with van der Waals surface area (Å²) < 4.78 is 23.1. The van der Waals surface area contributed by atoms with Gasteiger partial charge >= 0.3 is 0 Å². The number of sulfonamides is 1. The molecular formula is C17H22N4O2S. The van der Waals surface area contributed by atoms with Gasteiger partial charge in [-0.25, -0.2) is 18.5 Å². The maximum atomic E-state index is 11.5. The van der Waals surface area contributed by atoms with Gasteiger partial charge in [-0.3, -0.25) is 0 Å². The highest BCUT2D eigenvalue weighted by Crippen LogP contribution is 2.34. The molecule has 3 rings (SSSR count). The van der Waals surface area contributed by atoms with Crippen molar-refractivity contribution in [2.24, 2.45) is 5.14 Å². The third kappa shape index (κ3) is 3.22. The Hall–Kier alpha value is -2.12. The smallest absolute Gasteiger partial charge is 0.238 e. The summed E-state index contributed by atoms with van der Waals surface area (Å²) in [5.41, 5.74) is 3.26. The lowest BCUT2D eigenvalue weighted by Crippen LogP contribution is -2.28. The quantitative estimate of drug-likeness (QED) is 0.912. The molecule has 0 saturated heterocycles. The Labute approximate surface area is 143 Å². The van der Waals surface area contributed by atoms with Gasteiger partial charge in [0.2, 0.25) is 10.0 Å². The molecule has 2 N–H and O–H groups in total. The van der Waals surface area contributed by atoms with Crippen LogP contribution in [0.4, 0.5) is 11.5 Å². The van der Waals surface area contributed by atoms with Crippen LogP contribution in [0.2, 0.25) is 0 Å². The van der Waals surface area contributed by atoms with Crippen LogP contribution in [0.3, 0.4) is 0 Å². The average molecular weight is 346 g/mol. The molecule has 7 heteroatoms. The standard InChI is InChI=1S/C17H22N4O2S/c1-12-8-14-10-15(24(18,22)23)4-5-16(14)21(12)11-13-6-7-19-17(9-13)20(2)3/h4-7,9-10,12H,8,11H2,1-3H3,(H2,18,22,23)/t12-/m0/s1. The summed E-state index contributed by atoms with van der Waals surface area (Å²) in [5.74, 6) is 0.921. The van der Waals surface area contributed by atoms with E-state index in [9.17, 15) is 8.42 Å². The van der Waals surface area contributed by atoms with Crippen LogP contribution in [-0.4, -0.2) is 33.5 Å². The fourth-order valence-electron chi connectivity index (χ4n) is 3.09. The molecule has 0 saturated carbocycles. The Morgan fingerprint density at radius 3 is 2.71 bits per heavy atom. The Morgan fingerprint density at radius 2 is 2.04 bits per heavy atom. The van der Waals surface area contributed by atoms with Crippen LogP contribution in [0, 0.1) is 0 Å². The molecule has 6 nitrogen and oxygen atoms in total. The van der Waals surface area contributed by atoms with E-state index >= 15 is 0 Å². The van der Waals surface area contributed by atoms with E-state index in [2.05, 4.69) is 22.9 Å². The Bertz CT molecular complexity index is 865. The number of primary sulfonamides is 1. The van der Waals surface area contributed by atoms with Gasteiger partial charge < -0.3 is 9.80 Å². The number of fused-ring (bicyclic) bond motifs is 1. The summed E-state index contributed by atoms with van der Waals surface area (Å²) in [6, 6.07) is 9.51. The summed E-state index contributed by atoms with van der Waals surface area (Å²) >= 11 is 0. The third-order valence-electron chi connectivity index (χ3n) is 4.36. The highest BCUT2D eigenvalue weighted by atomic mass is 32.2. The van der Waals surface area contributed by atoms with Gasteiger partial charge in [0, 0.05) is 38.6 Å². The van der Waals surface area contributed by atoms with Crippen molar-refractivity contribution in [2.45, 2.75) is 30.8 Å². The summed E-state index contributed by atoms with van der Waals surface area (Å²) in [4.78, 5) is 8.78. The molecule has 0 fully saturated rings. The zero-order valence-electron chi connectivity index (χ0n) is 14.1. The van der Waals surface area contributed by atoms with Crippen molar-refractivity contribution < 1.29 is 8.42 Å². The van der Waals surface area contributed by atoms with Crippen molar-refractivity contribution in [2.75, 3.05) is 23.9 Å². The second kappa shape index (κ2) is 6.07. The highest BCUT2D eigenvalue weighted by Gasteiger charge is 2.27. The number of rotatable bonds is 4. The van der Waals surface area contributed by atoms with Crippen LogP contribution >= 0.6 is 0 Å². The van der Waals surface area contributed by atoms with Crippen LogP contribution in [0.5, 0.6) is 0 Å². The van der Waals surface area contributed by atoms with Gasteiger partial charge in [-0.05, 0) is 54.8 Å². The summed E-state index contributed by atoms with van der Waals surface area (Å²) in [6.07, 6.45) is 2.63. The lowest BCUT2D eigenvalue weighted by atomic mass is 10.1. The maximum Gasteiger partial charge on any atom is 0.238 e. The topological polar surface area (TPSA) is 79.5 Å². The van der Waals surface area contributed by atoms with E-state index < -0.39 is 10.0 Å². The molecule has 1 aromatic carbocycles. The van der Waals surface area contributed by atoms with Crippen molar-refractivity contribution in [1.29, 1.82) is 0 Å². The predicted octanol–water partition coefficient (Wildman–Crippen LogP) is 1.75. The molecule has 2 aromatic rings. The minimum atomic E-state index is -3.67. The van der Waals surface area contributed by atoms with Crippen molar-refractivity contribution in [1.82, 2.24) is 4.98 Å². The highest BCUT2D eigenvalue weighted by molar-refractivity contribution is 7.89. The monoisotopic (exact) mass is 346 g/mol. The molecule has 0 unspecified atom stereocenters. The second-order valence-electron chi connectivity index (χ2n) is 6.43. The number of anilines is 2. The number of nitrogens with two attached hydrogens (primary N) is 1. The summed E-state index contributed by atoms with van der Waals surface area (Å²) in [7, 11) is 0.268. The van der Waals surface area contributed by atoms with E-state index in [0.717, 1.165) is 30.0 Å². The molecule has 0 bridgehead atoms. The van der Waals surface area contributed by atoms with E-state index in [1.807, 2.05) is 37.3 Å². The number of nitrogens with zero attached hydrogens (tertiary/aromatic N) is 3. The molecule has 0 amide bonds. The number of hydrogen-bond donors (Lipinski definition) is 1.